The van der Waals surface area contributed by atoms with Crippen molar-refractivity contribution in [3.8, 4) is 0 Å². The minimum absolute atomic E-state index is 0.0303. The molecule has 6 heteroatoms. The van der Waals surface area contributed by atoms with Gasteiger partial charge in [-0.15, -0.1) is 0 Å². The van der Waals surface area contributed by atoms with Gasteiger partial charge in [0.2, 0.25) is 5.53 Å². The van der Waals surface area contributed by atoms with Crippen molar-refractivity contribution in [3.05, 3.63) is 121 Å². The number of benzene rings is 4. The molecule has 0 unspecified atom stereocenters. The van der Waals surface area contributed by atoms with Gasteiger partial charge < -0.3 is 18.5 Å². The second-order valence-corrected chi connectivity index (χ2v) is 18.9. The third-order valence-corrected chi connectivity index (χ3v) is 16.5. The minimum atomic E-state index is -3.42. The van der Waals surface area contributed by atoms with Crippen LogP contribution in [0.1, 0.15) is 34.1 Å². The van der Waals surface area contributed by atoms with E-state index in [1.165, 1.54) is 10.4 Å². The van der Waals surface area contributed by atoms with E-state index in [0.29, 0.717) is 23.6 Å². The third-order valence-electron chi connectivity index (χ3n) is 7.96. The van der Waals surface area contributed by atoms with Crippen LogP contribution in [0.2, 0.25) is 5.04 Å². The van der Waals surface area contributed by atoms with Crippen molar-refractivity contribution in [2.45, 2.75) is 44.7 Å². The highest BCUT2D eigenvalue weighted by atomic mass is 31.2. The predicted octanol–water partition coefficient (Wildman–Crippen LogP) is 6.55. The average Bonchev–Trinajstić information content (AvgIpc) is 3.01. The fraction of sp³-hybridized carbons (Fsp3) is 0.314. The zero-order valence-electron chi connectivity index (χ0n) is 25.1. The molecule has 4 rings (SSSR count). The summed E-state index contributed by atoms with van der Waals surface area (Å²) in [7, 11) is -2.96. The molecule has 0 aliphatic rings. The molecular weight excluding hydrogens is 543 g/mol. The molecule has 0 amide bonds. The van der Waals surface area contributed by atoms with E-state index < -0.39 is 21.0 Å². The Morgan fingerprint density at radius 1 is 0.659 bits per heavy atom. The van der Waals surface area contributed by atoms with Crippen LogP contribution in [0.15, 0.2) is 121 Å². The van der Waals surface area contributed by atoms with Gasteiger partial charge in [0.1, 0.15) is 0 Å². The van der Waals surface area contributed by atoms with Gasteiger partial charge in [0, 0.05) is 37.9 Å². The molecule has 4 aromatic carbocycles. The molecule has 0 fully saturated rings. The van der Waals surface area contributed by atoms with Crippen LogP contribution in [0.3, 0.4) is 0 Å². The van der Waals surface area contributed by atoms with Gasteiger partial charge in [-0.1, -0.05) is 149 Å². The van der Waals surface area contributed by atoms with Crippen LogP contribution in [0.4, 0.5) is 0 Å². The first-order valence-corrected chi connectivity index (χ1v) is 17.8. The van der Waals surface area contributed by atoms with Gasteiger partial charge in [0.05, 0.1) is 0 Å². The summed E-state index contributed by atoms with van der Waals surface area (Å²) < 4.78 is 34.9. The van der Waals surface area contributed by atoms with Crippen LogP contribution in [0.5, 0.6) is 0 Å². The lowest BCUT2D eigenvalue weighted by molar-refractivity contribution is -0.153. The topological polar surface area (TPSA) is 44.8 Å². The van der Waals surface area contributed by atoms with E-state index >= 15 is 4.57 Å². The second-order valence-electron chi connectivity index (χ2n) is 11.7. The Balaban J connectivity index is 1.75. The van der Waals surface area contributed by atoms with Gasteiger partial charge in [-0.2, -0.15) is 0 Å². The second kappa shape index (κ2) is 13.0. The highest BCUT2D eigenvalue weighted by Gasteiger charge is 2.54. The standard InChI is InChI=1S/C35H43O4PSi/c1-29(28-39-41(34(2,3)4,32-23-15-9-16-24-32)33-25-17-10-18-26-33)27-35(37-5,38-6)40(36,30-19-11-7-12-20-30)31-21-13-8-14-22-31/h7-26,29H,27-28H2,1-6H3/t29-/m0/s1. The maximum atomic E-state index is 15.4. The SMILES string of the molecule is COC(C[C@H](C)CO[Si](c1ccccc1)(c1ccccc1)C(C)(C)C)(OC)P(=O)(c1ccccc1)c1ccccc1. The molecule has 1 atom stereocenters. The minimum Gasteiger partial charge on any atom is -0.407 e. The summed E-state index contributed by atoms with van der Waals surface area (Å²) >= 11 is 0. The van der Waals surface area contributed by atoms with Crippen molar-refractivity contribution in [2.75, 3.05) is 20.8 Å². The molecule has 0 heterocycles. The summed E-state index contributed by atoms with van der Waals surface area (Å²) in [6.07, 6.45) is 0.388. The van der Waals surface area contributed by atoms with E-state index in [4.69, 9.17) is 13.9 Å². The van der Waals surface area contributed by atoms with Gasteiger partial charge in [0.15, 0.2) is 7.14 Å². The zero-order valence-corrected chi connectivity index (χ0v) is 27.0. The highest BCUT2D eigenvalue weighted by Crippen LogP contribution is 2.59. The Bertz CT molecular complexity index is 1320. The van der Waals surface area contributed by atoms with Crippen LogP contribution < -0.4 is 21.0 Å². The zero-order chi connectivity index (χ0) is 29.6. The number of rotatable bonds is 12. The molecule has 0 saturated heterocycles. The van der Waals surface area contributed by atoms with Crippen LogP contribution in [-0.2, 0) is 18.5 Å². The molecular formula is C35H43O4PSi. The van der Waals surface area contributed by atoms with Gasteiger partial charge in [-0.25, -0.2) is 0 Å². The molecule has 41 heavy (non-hydrogen) atoms. The lowest BCUT2D eigenvalue weighted by Crippen LogP contribution is -2.67. The van der Waals surface area contributed by atoms with Crippen LogP contribution in [0.25, 0.3) is 0 Å². The summed E-state index contributed by atoms with van der Waals surface area (Å²) in [5.41, 5.74) is -1.37. The lowest BCUT2D eigenvalue weighted by atomic mass is 10.1. The Kier molecular flexibility index (Phi) is 9.89. The maximum Gasteiger partial charge on any atom is 0.261 e. The molecule has 4 nitrogen and oxygen atoms in total. The Morgan fingerprint density at radius 3 is 1.37 bits per heavy atom. The van der Waals surface area contributed by atoms with E-state index in [1.807, 2.05) is 60.7 Å². The third kappa shape index (κ3) is 5.93. The molecule has 0 aromatic heterocycles. The average molecular weight is 587 g/mol. The summed E-state index contributed by atoms with van der Waals surface area (Å²) in [5, 5.41) is 3.73. The smallest absolute Gasteiger partial charge is 0.261 e. The van der Waals surface area contributed by atoms with E-state index in [2.05, 4.69) is 88.4 Å². The van der Waals surface area contributed by atoms with Gasteiger partial charge in [-0.05, 0) is 21.3 Å². The van der Waals surface area contributed by atoms with Crippen LogP contribution in [0, 0.1) is 5.92 Å². The molecule has 0 aliphatic heterocycles. The van der Waals surface area contributed by atoms with Gasteiger partial charge >= 0.3 is 0 Å². The molecule has 0 N–H and O–H groups in total. The first kappa shape index (κ1) is 31.1. The number of hydrogen-bond donors (Lipinski definition) is 0. The van der Waals surface area contributed by atoms with Crippen molar-refractivity contribution in [1.82, 2.24) is 0 Å². The van der Waals surface area contributed by atoms with Gasteiger partial charge in [0.25, 0.3) is 8.32 Å². The van der Waals surface area contributed by atoms with Crippen LogP contribution >= 0.6 is 7.14 Å². The molecule has 4 aromatic rings. The number of methoxy groups -OCH3 is 2. The fourth-order valence-electron chi connectivity index (χ4n) is 5.98. The van der Waals surface area contributed by atoms with Crippen LogP contribution in [-0.4, -0.2) is 34.7 Å². The van der Waals surface area contributed by atoms with Crippen molar-refractivity contribution in [1.29, 1.82) is 0 Å². The van der Waals surface area contributed by atoms with E-state index in [1.54, 1.807) is 14.2 Å². The Labute approximate surface area is 247 Å². The number of hydrogen-bond acceptors (Lipinski definition) is 4. The predicted molar refractivity (Wildman–Crippen MR) is 174 cm³/mol. The van der Waals surface area contributed by atoms with E-state index in [0.717, 1.165) is 0 Å². The first-order chi connectivity index (χ1) is 19.6. The molecule has 0 radical (unpaired) electrons. The maximum absolute atomic E-state index is 15.4. The monoisotopic (exact) mass is 586 g/mol. The highest BCUT2D eigenvalue weighted by molar-refractivity contribution is 7.79. The molecule has 0 aliphatic carbocycles. The summed E-state index contributed by atoms with van der Waals surface area (Å²) in [4.78, 5) is 0. The molecule has 0 saturated carbocycles. The molecule has 0 spiro atoms. The summed E-state index contributed by atoms with van der Waals surface area (Å²) in [5.74, 6) is -0.0303. The normalized spacial score (nSPS) is 13.6. The molecule has 216 valence electrons. The van der Waals surface area contributed by atoms with Crippen molar-refractivity contribution < 1.29 is 18.5 Å². The fourth-order valence-corrected chi connectivity index (χ4v) is 14.0. The van der Waals surface area contributed by atoms with Crippen molar-refractivity contribution in [3.63, 3.8) is 0 Å². The first-order valence-electron chi connectivity index (χ1n) is 14.2. The van der Waals surface area contributed by atoms with Gasteiger partial charge in [-0.3, -0.25) is 0 Å². The van der Waals surface area contributed by atoms with Crippen molar-refractivity contribution >= 4 is 36.4 Å². The summed E-state index contributed by atoms with van der Waals surface area (Å²) in [6.45, 7) is 9.42. The lowest BCUT2D eigenvalue weighted by Gasteiger charge is -2.44. The quantitative estimate of drug-likeness (QED) is 0.107. The summed E-state index contributed by atoms with van der Waals surface area (Å²) in [6, 6.07) is 40.4. The largest absolute Gasteiger partial charge is 0.407 e. The molecule has 0 bridgehead atoms. The van der Waals surface area contributed by atoms with E-state index in [9.17, 15) is 0 Å². The Hall–Kier alpha value is -2.79. The van der Waals surface area contributed by atoms with E-state index in [-0.39, 0.29) is 11.0 Å². The Morgan fingerprint density at radius 2 is 1.02 bits per heavy atom. The number of ether oxygens (including phenoxy) is 2. The van der Waals surface area contributed by atoms with Crippen molar-refractivity contribution in [2.24, 2.45) is 5.92 Å².